The van der Waals surface area contributed by atoms with Crippen molar-refractivity contribution in [1.29, 1.82) is 0 Å². The molecule has 0 spiro atoms. The molecule has 1 aliphatic heterocycles. The quantitative estimate of drug-likeness (QED) is 0.687. The lowest BCUT2D eigenvalue weighted by Gasteiger charge is -2.34. The number of sulfonamides is 1. The Hall–Kier alpha value is -1.87. The summed E-state index contributed by atoms with van der Waals surface area (Å²) >= 11 is 0. The van der Waals surface area contributed by atoms with Gasteiger partial charge in [0, 0.05) is 19.0 Å². The minimum atomic E-state index is -4.51. The Morgan fingerprint density at radius 1 is 1.25 bits per heavy atom. The maximum absolute atomic E-state index is 13.0. The van der Waals surface area contributed by atoms with Crippen molar-refractivity contribution < 1.29 is 31.5 Å². The Morgan fingerprint density at radius 3 is 2.64 bits per heavy atom. The molecule has 0 aromatic heterocycles. The Bertz CT molecular complexity index is 806. The number of benzene rings is 1. The van der Waals surface area contributed by atoms with E-state index in [1.807, 2.05) is 0 Å². The van der Waals surface area contributed by atoms with E-state index in [0.29, 0.717) is 25.8 Å². The molecule has 1 N–H and O–H groups in total. The molecule has 1 aromatic rings. The number of carboxylic acids is 1. The van der Waals surface area contributed by atoms with Crippen molar-refractivity contribution in [3.8, 4) is 0 Å². The van der Waals surface area contributed by atoms with Gasteiger partial charge in [-0.25, -0.2) is 8.42 Å². The van der Waals surface area contributed by atoms with Gasteiger partial charge in [0.05, 0.1) is 11.3 Å². The second-order valence-corrected chi connectivity index (χ2v) is 8.78. The summed E-state index contributed by atoms with van der Waals surface area (Å²) < 4.78 is 65.9. The topological polar surface area (TPSA) is 74.7 Å². The fraction of sp³-hybridized carbons (Fsp3) is 0.526. The van der Waals surface area contributed by atoms with Gasteiger partial charge in [-0.2, -0.15) is 17.5 Å². The number of carbonyl (C=O) groups is 1. The van der Waals surface area contributed by atoms with Crippen LogP contribution in [0.3, 0.4) is 0 Å². The molecule has 1 atom stereocenters. The van der Waals surface area contributed by atoms with E-state index < -0.39 is 33.5 Å². The van der Waals surface area contributed by atoms with Crippen molar-refractivity contribution in [2.24, 2.45) is 0 Å². The van der Waals surface area contributed by atoms with Gasteiger partial charge in [-0.15, -0.1) is 0 Å². The van der Waals surface area contributed by atoms with Gasteiger partial charge in [-0.3, -0.25) is 4.79 Å². The molecule has 1 heterocycles. The molecular weight excluding hydrogens is 395 g/mol. The van der Waals surface area contributed by atoms with Crippen molar-refractivity contribution in [2.45, 2.75) is 50.7 Å². The zero-order valence-electron chi connectivity index (χ0n) is 15.4. The van der Waals surface area contributed by atoms with Gasteiger partial charge in [0.1, 0.15) is 0 Å². The van der Waals surface area contributed by atoms with Crippen molar-refractivity contribution in [2.75, 3.05) is 12.3 Å². The Morgan fingerprint density at radius 2 is 1.96 bits per heavy atom. The summed E-state index contributed by atoms with van der Waals surface area (Å²) in [6.07, 6.45) is 1.01. The van der Waals surface area contributed by atoms with Gasteiger partial charge in [0.15, 0.2) is 0 Å². The van der Waals surface area contributed by atoms with E-state index in [2.05, 4.69) is 0 Å². The minimum absolute atomic E-state index is 0.0154. The molecule has 0 saturated carbocycles. The van der Waals surface area contributed by atoms with Crippen LogP contribution in [0.25, 0.3) is 6.08 Å². The van der Waals surface area contributed by atoms with Crippen molar-refractivity contribution in [3.63, 3.8) is 0 Å². The Labute approximate surface area is 162 Å². The van der Waals surface area contributed by atoms with E-state index in [1.54, 1.807) is 0 Å². The SMILES string of the molecule is O=C(O)CCCC1CCCCN1S(=O)(=O)CC=Cc1ccccc1C(F)(F)F. The summed E-state index contributed by atoms with van der Waals surface area (Å²) in [7, 11) is -3.68. The van der Waals surface area contributed by atoms with Crippen LogP contribution in [-0.2, 0) is 21.0 Å². The lowest BCUT2D eigenvalue weighted by Crippen LogP contribution is -2.44. The number of alkyl halides is 3. The van der Waals surface area contributed by atoms with Crippen LogP contribution in [0.5, 0.6) is 0 Å². The Balaban J connectivity index is 2.08. The molecule has 9 heteroatoms. The molecule has 2 rings (SSSR count). The average Bonchev–Trinajstić information content (AvgIpc) is 2.61. The molecule has 0 bridgehead atoms. The smallest absolute Gasteiger partial charge is 0.416 e. The first kappa shape index (κ1) is 22.4. The zero-order chi connectivity index (χ0) is 20.8. The lowest BCUT2D eigenvalue weighted by molar-refractivity contribution is -0.138. The molecule has 28 heavy (non-hydrogen) atoms. The highest BCUT2D eigenvalue weighted by Crippen LogP contribution is 2.32. The summed E-state index contributed by atoms with van der Waals surface area (Å²) in [6, 6.07) is 4.74. The fourth-order valence-electron chi connectivity index (χ4n) is 3.41. The maximum atomic E-state index is 13.0. The van der Waals surface area contributed by atoms with Crippen LogP contribution >= 0.6 is 0 Å². The molecule has 156 valence electrons. The number of hydrogen-bond donors (Lipinski definition) is 1. The molecule has 1 unspecified atom stereocenters. The normalized spacial score (nSPS) is 19.2. The van der Waals surface area contributed by atoms with Gasteiger partial charge in [-0.05, 0) is 37.3 Å². The van der Waals surface area contributed by atoms with E-state index in [9.17, 15) is 26.4 Å². The van der Waals surface area contributed by atoms with Crippen molar-refractivity contribution in [1.82, 2.24) is 4.31 Å². The van der Waals surface area contributed by atoms with E-state index >= 15 is 0 Å². The summed E-state index contributed by atoms with van der Waals surface area (Å²) in [5.41, 5.74) is -0.894. The van der Waals surface area contributed by atoms with E-state index in [4.69, 9.17) is 5.11 Å². The standard InChI is InChI=1S/C19H24F3NO4S/c20-19(21,22)17-11-2-1-7-15(17)8-6-14-28(26,27)23-13-4-3-9-16(23)10-5-12-18(24)25/h1-2,6-8,11,16H,3-5,9-10,12-14H2,(H,24,25). The predicted octanol–water partition coefficient (Wildman–Crippen LogP) is 4.16. The highest BCUT2D eigenvalue weighted by molar-refractivity contribution is 7.89. The first-order valence-corrected chi connectivity index (χ1v) is 10.8. The summed E-state index contributed by atoms with van der Waals surface area (Å²) in [4.78, 5) is 10.7. The second-order valence-electron chi connectivity index (χ2n) is 6.81. The van der Waals surface area contributed by atoms with Gasteiger partial charge < -0.3 is 5.11 Å². The monoisotopic (exact) mass is 419 g/mol. The number of halogens is 3. The highest BCUT2D eigenvalue weighted by Gasteiger charge is 2.33. The number of carboxylic acid groups (broad SMARTS) is 1. The van der Waals surface area contributed by atoms with Gasteiger partial charge >= 0.3 is 12.1 Å². The van der Waals surface area contributed by atoms with Gasteiger partial charge in [-0.1, -0.05) is 36.8 Å². The van der Waals surface area contributed by atoms with Crippen LogP contribution in [0, 0.1) is 0 Å². The van der Waals surface area contributed by atoms with Crippen LogP contribution in [0.1, 0.15) is 49.7 Å². The summed E-state index contributed by atoms with van der Waals surface area (Å²) in [5, 5.41) is 8.75. The molecule has 1 saturated heterocycles. The number of rotatable bonds is 8. The second kappa shape index (κ2) is 9.56. The summed E-state index contributed by atoms with van der Waals surface area (Å²) in [5.74, 6) is -1.31. The molecule has 1 aliphatic rings. The van der Waals surface area contributed by atoms with Crippen LogP contribution in [0.2, 0.25) is 0 Å². The summed E-state index contributed by atoms with van der Waals surface area (Å²) in [6.45, 7) is 0.354. The van der Waals surface area contributed by atoms with Gasteiger partial charge in [0.25, 0.3) is 0 Å². The maximum Gasteiger partial charge on any atom is 0.416 e. The molecule has 5 nitrogen and oxygen atoms in total. The Kier molecular flexibility index (Phi) is 7.65. The molecule has 1 fully saturated rings. The molecule has 0 aliphatic carbocycles. The molecule has 0 radical (unpaired) electrons. The van der Waals surface area contributed by atoms with Crippen LogP contribution < -0.4 is 0 Å². The first-order valence-electron chi connectivity index (χ1n) is 9.15. The van der Waals surface area contributed by atoms with E-state index in [-0.39, 0.29) is 18.0 Å². The molecule has 1 aromatic carbocycles. The van der Waals surface area contributed by atoms with E-state index in [1.165, 1.54) is 34.7 Å². The number of aliphatic carboxylic acids is 1. The van der Waals surface area contributed by atoms with Crippen LogP contribution in [0.4, 0.5) is 13.2 Å². The first-order chi connectivity index (χ1) is 13.1. The largest absolute Gasteiger partial charge is 0.481 e. The van der Waals surface area contributed by atoms with E-state index in [0.717, 1.165) is 18.9 Å². The number of nitrogens with zero attached hydrogens (tertiary/aromatic N) is 1. The minimum Gasteiger partial charge on any atom is -0.481 e. The third kappa shape index (κ3) is 6.34. The van der Waals surface area contributed by atoms with Crippen molar-refractivity contribution >= 4 is 22.1 Å². The lowest BCUT2D eigenvalue weighted by atomic mass is 10.00. The third-order valence-electron chi connectivity index (χ3n) is 4.73. The number of hydrogen-bond acceptors (Lipinski definition) is 3. The van der Waals surface area contributed by atoms with Gasteiger partial charge in [0.2, 0.25) is 10.0 Å². The highest BCUT2D eigenvalue weighted by atomic mass is 32.2. The third-order valence-corrected chi connectivity index (χ3v) is 6.54. The van der Waals surface area contributed by atoms with Crippen molar-refractivity contribution in [3.05, 3.63) is 41.5 Å². The average molecular weight is 419 g/mol. The van der Waals surface area contributed by atoms with Crippen LogP contribution in [0.15, 0.2) is 30.3 Å². The molecular formula is C19H24F3NO4S. The molecule has 0 amide bonds. The van der Waals surface area contributed by atoms with Crippen LogP contribution in [-0.4, -0.2) is 42.1 Å². The predicted molar refractivity (Wildman–Crippen MR) is 100 cm³/mol. The fourth-order valence-corrected chi connectivity index (χ4v) is 5.01. The number of piperidine rings is 1. The zero-order valence-corrected chi connectivity index (χ0v) is 16.2.